The van der Waals surface area contributed by atoms with Gasteiger partial charge in [-0.1, -0.05) is 105 Å². The smallest absolute Gasteiger partial charge is 0.329 e. The first kappa shape index (κ1) is 36.0. The second kappa shape index (κ2) is 17.9. The zero-order valence-corrected chi connectivity index (χ0v) is 28.5. The lowest BCUT2D eigenvalue weighted by Gasteiger charge is -2.27. The number of thioether (sulfide) groups is 1. The molecule has 2 atom stereocenters. The molecular weight excluding hydrogens is 625 g/mol. The van der Waals surface area contributed by atoms with Gasteiger partial charge < -0.3 is 20.1 Å². The highest BCUT2D eigenvalue weighted by Crippen LogP contribution is 2.27. The summed E-state index contributed by atoms with van der Waals surface area (Å²) in [6.45, 7) is 5.14. The number of esters is 1. The summed E-state index contributed by atoms with van der Waals surface area (Å²) >= 11 is 1.48. The third-order valence-corrected chi connectivity index (χ3v) is 8.83. The second-order valence-electron chi connectivity index (χ2n) is 11.8. The first-order chi connectivity index (χ1) is 23.1. The van der Waals surface area contributed by atoms with Crippen LogP contribution in [0.2, 0.25) is 0 Å². The van der Waals surface area contributed by atoms with E-state index in [-0.39, 0.29) is 29.8 Å². The molecule has 0 saturated carbocycles. The Morgan fingerprint density at radius 3 is 1.94 bits per heavy atom. The van der Waals surface area contributed by atoms with Crippen LogP contribution in [0.4, 0.5) is 0 Å². The van der Waals surface area contributed by atoms with Gasteiger partial charge in [0.05, 0.1) is 13.5 Å². The molecule has 4 aromatic carbocycles. The van der Waals surface area contributed by atoms with E-state index >= 15 is 0 Å². The van der Waals surface area contributed by atoms with Gasteiger partial charge in [-0.2, -0.15) is 11.8 Å². The Balaban J connectivity index is 1.50. The second-order valence-corrected chi connectivity index (χ2v) is 12.8. The predicted octanol–water partition coefficient (Wildman–Crippen LogP) is 6.33. The molecule has 9 heteroatoms. The summed E-state index contributed by atoms with van der Waals surface area (Å²) in [6.07, 6.45) is -0.682. The van der Waals surface area contributed by atoms with Gasteiger partial charge in [-0.15, -0.1) is 0 Å². The Kier molecular flexibility index (Phi) is 13.4. The number of carbonyl (C=O) groups excluding carboxylic acids is 4. The number of benzene rings is 4. The van der Waals surface area contributed by atoms with Crippen LogP contribution in [0.3, 0.4) is 0 Å². The lowest BCUT2D eigenvalue weighted by Crippen LogP contribution is -2.54. The fourth-order valence-electron chi connectivity index (χ4n) is 5.06. The van der Waals surface area contributed by atoms with Gasteiger partial charge in [0.1, 0.15) is 17.8 Å². The number of nitrogens with one attached hydrogen (secondary N) is 2. The SMILES string of the molecule is COc1ccc(CSC[C@H](NC(=O)Cc2cccc(C(C)=O)c2)C(=O)N[C@@H](C(=O)OC(c2ccccc2)c2ccccc2)C(C)C)cc1. The van der Waals surface area contributed by atoms with E-state index in [1.807, 2.05) is 98.8 Å². The van der Waals surface area contributed by atoms with Crippen LogP contribution >= 0.6 is 11.8 Å². The lowest BCUT2D eigenvalue weighted by molar-refractivity contribution is -0.153. The Morgan fingerprint density at radius 2 is 1.38 bits per heavy atom. The van der Waals surface area contributed by atoms with Crippen molar-refractivity contribution in [1.82, 2.24) is 10.6 Å². The average Bonchev–Trinajstić information content (AvgIpc) is 3.09. The Hall–Kier alpha value is -4.89. The van der Waals surface area contributed by atoms with Crippen LogP contribution in [0.15, 0.2) is 109 Å². The van der Waals surface area contributed by atoms with Gasteiger partial charge in [0.15, 0.2) is 11.9 Å². The standard InChI is InChI=1S/C39H42N2O6S/c1-26(2)36(39(45)47-37(30-13-7-5-8-14-30)31-15-9-6-10-16-31)41-38(44)34(25-48-24-28-18-20-33(46-4)21-19-28)40-35(43)23-29-12-11-17-32(22-29)27(3)42/h5-22,26,34,36-37H,23-25H2,1-4H3,(H,40,43)(H,41,44)/t34-,36+/m0/s1. The molecule has 0 aliphatic carbocycles. The van der Waals surface area contributed by atoms with Crippen molar-refractivity contribution in [2.75, 3.05) is 12.9 Å². The minimum absolute atomic E-state index is 0.0144. The van der Waals surface area contributed by atoms with E-state index in [2.05, 4.69) is 10.6 Å². The summed E-state index contributed by atoms with van der Waals surface area (Å²) in [5.74, 6) is -0.247. The maximum absolute atomic E-state index is 13.8. The maximum Gasteiger partial charge on any atom is 0.329 e. The summed E-state index contributed by atoms with van der Waals surface area (Å²) in [6, 6.07) is 31.5. The molecule has 8 nitrogen and oxygen atoms in total. The van der Waals surface area contributed by atoms with E-state index < -0.39 is 30.1 Å². The number of methoxy groups -OCH3 is 1. The Bertz CT molecular complexity index is 1620. The van der Waals surface area contributed by atoms with E-state index in [4.69, 9.17) is 9.47 Å². The molecule has 250 valence electrons. The van der Waals surface area contributed by atoms with E-state index in [0.29, 0.717) is 16.9 Å². The molecule has 0 bridgehead atoms. The number of ketones is 1. The molecular formula is C39H42N2O6S. The van der Waals surface area contributed by atoms with Crippen LogP contribution in [0.5, 0.6) is 5.75 Å². The van der Waals surface area contributed by atoms with Crippen LogP contribution in [0.1, 0.15) is 59.5 Å². The highest BCUT2D eigenvalue weighted by atomic mass is 32.2. The molecule has 0 aliphatic rings. The Morgan fingerprint density at radius 1 is 0.750 bits per heavy atom. The molecule has 0 radical (unpaired) electrons. The molecule has 0 fully saturated rings. The number of rotatable bonds is 16. The summed E-state index contributed by atoms with van der Waals surface area (Å²) in [5, 5.41) is 5.74. The number of ether oxygens (including phenoxy) is 2. The average molecular weight is 667 g/mol. The summed E-state index contributed by atoms with van der Waals surface area (Å²) in [5.41, 5.74) is 3.80. The number of hydrogen-bond acceptors (Lipinski definition) is 7. The number of hydrogen-bond donors (Lipinski definition) is 2. The fourth-order valence-corrected chi connectivity index (χ4v) is 6.07. The van der Waals surface area contributed by atoms with Crippen LogP contribution in [0.25, 0.3) is 0 Å². The normalized spacial score (nSPS) is 12.2. The minimum atomic E-state index is -0.967. The van der Waals surface area contributed by atoms with Gasteiger partial charge in [0, 0.05) is 17.1 Å². The molecule has 0 saturated heterocycles. The molecule has 2 amide bonds. The monoisotopic (exact) mass is 666 g/mol. The quantitative estimate of drug-likeness (QED) is 0.106. The van der Waals surface area contributed by atoms with Gasteiger partial charge >= 0.3 is 5.97 Å². The van der Waals surface area contributed by atoms with Crippen LogP contribution in [-0.2, 0) is 31.3 Å². The predicted molar refractivity (Wildman–Crippen MR) is 189 cm³/mol. The highest BCUT2D eigenvalue weighted by molar-refractivity contribution is 7.98. The van der Waals surface area contributed by atoms with Crippen molar-refractivity contribution in [2.24, 2.45) is 5.92 Å². The molecule has 2 N–H and O–H groups in total. The van der Waals surface area contributed by atoms with Crippen molar-refractivity contribution >= 4 is 35.3 Å². The molecule has 0 aliphatic heterocycles. The molecule has 0 unspecified atom stereocenters. The summed E-state index contributed by atoms with van der Waals surface area (Å²) < 4.78 is 11.3. The maximum atomic E-state index is 13.8. The van der Waals surface area contributed by atoms with Gasteiger partial charge in [0.2, 0.25) is 11.8 Å². The molecule has 0 aromatic heterocycles. The van der Waals surface area contributed by atoms with Crippen molar-refractivity contribution in [3.63, 3.8) is 0 Å². The first-order valence-electron chi connectivity index (χ1n) is 15.8. The summed E-state index contributed by atoms with van der Waals surface area (Å²) in [4.78, 5) is 52.7. The van der Waals surface area contributed by atoms with E-state index in [0.717, 1.165) is 22.4 Å². The zero-order valence-electron chi connectivity index (χ0n) is 27.7. The number of Topliss-reactive ketones (excluding diaryl/α,β-unsaturated/α-hetero) is 1. The van der Waals surface area contributed by atoms with Gasteiger partial charge in [-0.3, -0.25) is 14.4 Å². The first-order valence-corrected chi connectivity index (χ1v) is 17.0. The van der Waals surface area contributed by atoms with Crippen molar-refractivity contribution in [2.45, 2.75) is 51.1 Å². The molecule has 0 heterocycles. The topological polar surface area (TPSA) is 111 Å². The molecule has 4 rings (SSSR count). The van der Waals surface area contributed by atoms with Crippen LogP contribution in [0, 0.1) is 5.92 Å². The number of carbonyl (C=O) groups is 4. The van der Waals surface area contributed by atoms with Gasteiger partial charge in [-0.05, 0) is 53.3 Å². The van der Waals surface area contributed by atoms with E-state index in [9.17, 15) is 19.2 Å². The molecule has 48 heavy (non-hydrogen) atoms. The number of amides is 2. The van der Waals surface area contributed by atoms with Crippen molar-refractivity contribution in [1.29, 1.82) is 0 Å². The zero-order chi connectivity index (χ0) is 34.5. The third-order valence-electron chi connectivity index (χ3n) is 7.72. The van der Waals surface area contributed by atoms with E-state index in [1.54, 1.807) is 31.4 Å². The largest absolute Gasteiger partial charge is 0.497 e. The molecule has 4 aromatic rings. The third kappa shape index (κ3) is 10.6. The van der Waals surface area contributed by atoms with Crippen molar-refractivity contribution in [3.8, 4) is 5.75 Å². The van der Waals surface area contributed by atoms with Crippen molar-refractivity contribution in [3.05, 3.63) is 137 Å². The summed E-state index contributed by atoms with van der Waals surface area (Å²) in [7, 11) is 1.61. The fraction of sp³-hybridized carbons (Fsp3) is 0.282. The van der Waals surface area contributed by atoms with Crippen LogP contribution < -0.4 is 15.4 Å². The minimum Gasteiger partial charge on any atom is -0.497 e. The van der Waals surface area contributed by atoms with Crippen molar-refractivity contribution < 1.29 is 28.7 Å². The Labute approximate surface area is 286 Å². The highest BCUT2D eigenvalue weighted by Gasteiger charge is 2.32. The van der Waals surface area contributed by atoms with E-state index in [1.165, 1.54) is 18.7 Å². The van der Waals surface area contributed by atoms with Gasteiger partial charge in [-0.25, -0.2) is 4.79 Å². The van der Waals surface area contributed by atoms with Gasteiger partial charge in [0.25, 0.3) is 0 Å². The molecule has 0 spiro atoms. The van der Waals surface area contributed by atoms with Crippen LogP contribution in [-0.4, -0.2) is 48.5 Å². The lowest BCUT2D eigenvalue weighted by atomic mass is 10.0.